The van der Waals surface area contributed by atoms with Gasteiger partial charge in [-0.2, -0.15) is 5.10 Å². The van der Waals surface area contributed by atoms with Crippen molar-refractivity contribution >= 4 is 0 Å². The third-order valence-corrected chi connectivity index (χ3v) is 4.09. The molecular weight excluding hydrogens is 288 g/mol. The van der Waals surface area contributed by atoms with Crippen LogP contribution in [-0.4, -0.2) is 19.9 Å². The van der Waals surface area contributed by atoms with E-state index in [9.17, 15) is 0 Å². The number of aryl methyl sites for hydroxylation is 6. The zero-order chi connectivity index (χ0) is 16.2. The van der Waals surface area contributed by atoms with E-state index >= 15 is 0 Å². The summed E-state index contributed by atoms with van der Waals surface area (Å²) in [5.41, 5.74) is 3.46. The highest BCUT2D eigenvalue weighted by molar-refractivity contribution is 5.21. The number of hydrogen-bond acceptors (Lipinski definition) is 4. The van der Waals surface area contributed by atoms with E-state index in [2.05, 4.69) is 39.5 Å². The summed E-state index contributed by atoms with van der Waals surface area (Å²) in [4.78, 5) is 4.58. The Hall–Kier alpha value is -2.43. The largest absolute Gasteiger partial charge is 0.361 e. The fraction of sp³-hybridized carbons (Fsp3) is 0.389. The summed E-state index contributed by atoms with van der Waals surface area (Å²) in [6.07, 6.45) is 2.69. The van der Waals surface area contributed by atoms with E-state index in [1.165, 1.54) is 11.1 Å². The van der Waals surface area contributed by atoms with Crippen LogP contribution in [0.5, 0.6) is 0 Å². The Morgan fingerprint density at radius 2 is 1.78 bits per heavy atom. The molecule has 0 bridgehead atoms. The quantitative estimate of drug-likeness (QED) is 0.701. The summed E-state index contributed by atoms with van der Waals surface area (Å²) < 4.78 is 7.26. The number of rotatable bonds is 6. The van der Waals surface area contributed by atoms with Gasteiger partial charge in [-0.15, -0.1) is 0 Å². The summed E-state index contributed by atoms with van der Waals surface area (Å²) in [6.45, 7) is 6.73. The first-order valence-corrected chi connectivity index (χ1v) is 7.99. The van der Waals surface area contributed by atoms with Gasteiger partial charge >= 0.3 is 0 Å². The van der Waals surface area contributed by atoms with Crippen LogP contribution in [0.2, 0.25) is 0 Å². The molecule has 0 N–H and O–H groups in total. The second kappa shape index (κ2) is 6.77. The lowest BCUT2D eigenvalue weighted by molar-refractivity contribution is 0.392. The SMILES string of the molecule is Cc1nc(CCc2c(C)noc2C)n(CCc2ccccc2)n1. The molecule has 0 fully saturated rings. The van der Waals surface area contributed by atoms with Gasteiger partial charge in [0.15, 0.2) is 0 Å². The molecule has 3 aromatic rings. The van der Waals surface area contributed by atoms with Gasteiger partial charge in [0.2, 0.25) is 0 Å². The Morgan fingerprint density at radius 1 is 1.00 bits per heavy atom. The zero-order valence-electron chi connectivity index (χ0n) is 13.9. The fourth-order valence-corrected chi connectivity index (χ4v) is 2.84. The molecule has 23 heavy (non-hydrogen) atoms. The maximum Gasteiger partial charge on any atom is 0.147 e. The molecule has 1 aromatic carbocycles. The predicted octanol–water partition coefficient (Wildman–Crippen LogP) is 3.22. The first-order valence-electron chi connectivity index (χ1n) is 7.99. The lowest BCUT2D eigenvalue weighted by Crippen LogP contribution is -2.09. The molecular formula is C18H22N4O. The van der Waals surface area contributed by atoms with Crippen LogP contribution in [0.1, 0.15) is 34.2 Å². The Bertz CT molecular complexity index is 754. The molecule has 5 nitrogen and oxygen atoms in total. The van der Waals surface area contributed by atoms with Gasteiger partial charge in [0.1, 0.15) is 17.4 Å². The van der Waals surface area contributed by atoms with E-state index in [0.29, 0.717) is 0 Å². The van der Waals surface area contributed by atoms with Gasteiger partial charge in [-0.3, -0.25) is 0 Å². The molecule has 0 spiro atoms. The topological polar surface area (TPSA) is 56.7 Å². The van der Waals surface area contributed by atoms with Crippen molar-refractivity contribution in [3.8, 4) is 0 Å². The molecule has 0 amide bonds. The lowest BCUT2D eigenvalue weighted by Gasteiger charge is -2.06. The highest BCUT2D eigenvalue weighted by Gasteiger charge is 2.12. The molecule has 120 valence electrons. The number of nitrogens with zero attached hydrogens (tertiary/aromatic N) is 4. The molecule has 0 saturated carbocycles. The Morgan fingerprint density at radius 3 is 2.48 bits per heavy atom. The van der Waals surface area contributed by atoms with Gasteiger partial charge in [0.25, 0.3) is 0 Å². The van der Waals surface area contributed by atoms with Crippen molar-refractivity contribution in [3.05, 3.63) is 64.6 Å². The van der Waals surface area contributed by atoms with Crippen molar-refractivity contribution in [2.45, 2.75) is 46.6 Å². The summed E-state index contributed by atoms with van der Waals surface area (Å²) in [5, 5.41) is 8.55. The van der Waals surface area contributed by atoms with Gasteiger partial charge in [0, 0.05) is 18.5 Å². The van der Waals surface area contributed by atoms with Crippen molar-refractivity contribution in [2.75, 3.05) is 0 Å². The molecule has 0 unspecified atom stereocenters. The number of aromatic nitrogens is 4. The van der Waals surface area contributed by atoms with Crippen LogP contribution >= 0.6 is 0 Å². The Kier molecular flexibility index (Phi) is 4.55. The van der Waals surface area contributed by atoms with Crippen molar-refractivity contribution in [2.24, 2.45) is 0 Å². The second-order valence-electron chi connectivity index (χ2n) is 5.84. The van der Waals surface area contributed by atoms with Crippen LogP contribution in [0.3, 0.4) is 0 Å². The van der Waals surface area contributed by atoms with Gasteiger partial charge in [-0.1, -0.05) is 35.5 Å². The molecule has 5 heteroatoms. The van der Waals surface area contributed by atoms with Crippen molar-refractivity contribution in [1.82, 2.24) is 19.9 Å². The van der Waals surface area contributed by atoms with E-state index < -0.39 is 0 Å². The minimum atomic E-state index is 0.826. The van der Waals surface area contributed by atoms with Crippen molar-refractivity contribution < 1.29 is 4.52 Å². The van der Waals surface area contributed by atoms with Crippen LogP contribution in [0.15, 0.2) is 34.9 Å². The minimum Gasteiger partial charge on any atom is -0.361 e. The van der Waals surface area contributed by atoms with Crippen LogP contribution in [0.4, 0.5) is 0 Å². The van der Waals surface area contributed by atoms with Crippen molar-refractivity contribution in [1.29, 1.82) is 0 Å². The molecule has 0 aliphatic rings. The summed E-state index contributed by atoms with van der Waals surface area (Å²) in [5.74, 6) is 2.75. The van der Waals surface area contributed by atoms with Crippen LogP contribution in [0, 0.1) is 20.8 Å². The van der Waals surface area contributed by atoms with Crippen LogP contribution in [-0.2, 0) is 25.8 Å². The lowest BCUT2D eigenvalue weighted by atomic mass is 10.1. The molecule has 2 aromatic heterocycles. The third kappa shape index (κ3) is 3.67. The van der Waals surface area contributed by atoms with Gasteiger partial charge in [0.05, 0.1) is 5.69 Å². The molecule has 0 aliphatic heterocycles. The smallest absolute Gasteiger partial charge is 0.147 e. The number of hydrogen-bond donors (Lipinski definition) is 0. The molecule has 0 atom stereocenters. The highest BCUT2D eigenvalue weighted by atomic mass is 16.5. The first-order chi connectivity index (χ1) is 11.1. The maximum atomic E-state index is 5.23. The Labute approximate surface area is 136 Å². The first kappa shape index (κ1) is 15.5. The minimum absolute atomic E-state index is 0.826. The molecule has 0 radical (unpaired) electrons. The monoisotopic (exact) mass is 310 g/mol. The predicted molar refractivity (Wildman–Crippen MR) is 88.3 cm³/mol. The van der Waals surface area contributed by atoms with Gasteiger partial charge in [-0.05, 0) is 39.2 Å². The van der Waals surface area contributed by atoms with Crippen LogP contribution < -0.4 is 0 Å². The van der Waals surface area contributed by atoms with E-state index in [-0.39, 0.29) is 0 Å². The average molecular weight is 310 g/mol. The summed E-state index contributed by atoms with van der Waals surface area (Å²) >= 11 is 0. The standard InChI is InChI=1S/C18H22N4O/c1-13-17(14(2)23-21-13)9-10-18-19-15(3)20-22(18)12-11-16-7-5-4-6-8-16/h4-8H,9-12H2,1-3H3. The van der Waals surface area contributed by atoms with Crippen LogP contribution in [0.25, 0.3) is 0 Å². The fourth-order valence-electron chi connectivity index (χ4n) is 2.84. The van der Waals surface area contributed by atoms with E-state index in [1.807, 2.05) is 31.5 Å². The van der Waals surface area contributed by atoms with Gasteiger partial charge < -0.3 is 4.52 Å². The highest BCUT2D eigenvalue weighted by Crippen LogP contribution is 2.15. The molecule has 0 aliphatic carbocycles. The van der Waals surface area contributed by atoms with Gasteiger partial charge in [-0.25, -0.2) is 9.67 Å². The molecule has 0 saturated heterocycles. The summed E-state index contributed by atoms with van der Waals surface area (Å²) in [7, 11) is 0. The van der Waals surface area contributed by atoms with E-state index in [0.717, 1.165) is 48.9 Å². The molecule has 3 rings (SSSR count). The summed E-state index contributed by atoms with van der Waals surface area (Å²) in [6, 6.07) is 10.5. The average Bonchev–Trinajstić information content (AvgIpc) is 3.07. The Balaban J connectivity index is 1.68. The normalized spacial score (nSPS) is 11.1. The second-order valence-corrected chi connectivity index (χ2v) is 5.84. The van der Waals surface area contributed by atoms with Crippen molar-refractivity contribution in [3.63, 3.8) is 0 Å². The van der Waals surface area contributed by atoms with E-state index in [1.54, 1.807) is 0 Å². The van der Waals surface area contributed by atoms with E-state index in [4.69, 9.17) is 4.52 Å². The maximum absolute atomic E-state index is 5.23. The zero-order valence-corrected chi connectivity index (χ0v) is 13.9. The number of benzene rings is 1. The molecule has 2 heterocycles. The third-order valence-electron chi connectivity index (χ3n) is 4.09.